The van der Waals surface area contributed by atoms with Crippen LogP contribution >= 0.6 is 7.99 Å². The van der Waals surface area contributed by atoms with Crippen LogP contribution in [0.15, 0.2) is 0 Å². The highest BCUT2D eigenvalue weighted by atomic mass is 31.2. The molecule has 0 bridgehead atoms. The second kappa shape index (κ2) is 4.50. The van der Waals surface area contributed by atoms with Crippen LogP contribution in [0.2, 0.25) is 0 Å². The molecule has 0 aliphatic rings. The molecule has 0 fully saturated rings. The largest absolute Gasteiger partial charge is 0.552 e. The molecule has 1 atom stereocenters. The number of hydrogen-bond donors (Lipinski definition) is 0. The standard InChI is InChI=1S/C7H9F2N2O2P/c1-6(13-14(8,9)12)3-7(2,4-10)5-11/h6H,3H2,1-2H3. The van der Waals surface area contributed by atoms with E-state index in [0.29, 0.717) is 0 Å². The summed E-state index contributed by atoms with van der Waals surface area (Å²) in [6.07, 6.45) is -1.31. The zero-order chi connectivity index (χ0) is 11.4. The van der Waals surface area contributed by atoms with Gasteiger partial charge in [0, 0.05) is 6.42 Å². The fourth-order valence-corrected chi connectivity index (χ4v) is 1.43. The molecule has 0 spiro atoms. The highest BCUT2D eigenvalue weighted by Gasteiger charge is 2.31. The zero-order valence-corrected chi connectivity index (χ0v) is 8.59. The molecule has 4 nitrogen and oxygen atoms in total. The van der Waals surface area contributed by atoms with Gasteiger partial charge in [0.05, 0.1) is 18.2 Å². The van der Waals surface area contributed by atoms with Crippen molar-refractivity contribution in [2.75, 3.05) is 0 Å². The van der Waals surface area contributed by atoms with Gasteiger partial charge in [0.2, 0.25) is 0 Å². The lowest BCUT2D eigenvalue weighted by Gasteiger charge is -2.17. The summed E-state index contributed by atoms with van der Waals surface area (Å²) in [5, 5.41) is 17.1. The van der Waals surface area contributed by atoms with Gasteiger partial charge >= 0.3 is 7.99 Å². The molecule has 0 aliphatic carbocycles. The number of nitriles is 2. The Hall–Kier alpha value is -0.970. The Morgan fingerprint density at radius 3 is 2.21 bits per heavy atom. The first-order valence-electron chi connectivity index (χ1n) is 3.73. The molecular weight excluding hydrogens is 213 g/mol. The van der Waals surface area contributed by atoms with Crippen molar-refractivity contribution in [2.45, 2.75) is 26.4 Å². The lowest BCUT2D eigenvalue weighted by atomic mass is 9.88. The molecule has 0 aromatic carbocycles. The third-order valence-corrected chi connectivity index (χ3v) is 2.10. The average Bonchev–Trinajstić information content (AvgIpc) is 2.00. The van der Waals surface area contributed by atoms with Gasteiger partial charge < -0.3 is 0 Å². The van der Waals surface area contributed by atoms with Crippen LogP contribution in [0.3, 0.4) is 0 Å². The Morgan fingerprint density at radius 2 is 1.93 bits per heavy atom. The van der Waals surface area contributed by atoms with Gasteiger partial charge in [0.15, 0.2) is 0 Å². The Balaban J connectivity index is 4.36. The van der Waals surface area contributed by atoms with Gasteiger partial charge in [0.25, 0.3) is 0 Å². The average molecular weight is 222 g/mol. The first-order valence-corrected chi connectivity index (χ1v) is 5.13. The summed E-state index contributed by atoms with van der Waals surface area (Å²) >= 11 is 0. The fraction of sp³-hybridized carbons (Fsp3) is 0.714. The molecule has 0 aromatic rings. The molecule has 1 unspecified atom stereocenters. The van der Waals surface area contributed by atoms with E-state index in [2.05, 4.69) is 4.52 Å². The second-order valence-corrected chi connectivity index (χ2v) is 4.13. The summed E-state index contributed by atoms with van der Waals surface area (Å²) in [4.78, 5) is 0. The van der Waals surface area contributed by atoms with Crippen LogP contribution < -0.4 is 0 Å². The number of halogens is 2. The summed E-state index contributed by atoms with van der Waals surface area (Å²) in [5.41, 5.74) is -1.39. The van der Waals surface area contributed by atoms with Crippen LogP contribution in [0, 0.1) is 28.1 Å². The molecule has 0 aromatic heterocycles. The van der Waals surface area contributed by atoms with Crippen LogP contribution in [-0.4, -0.2) is 6.10 Å². The van der Waals surface area contributed by atoms with Crippen molar-refractivity contribution in [3.05, 3.63) is 0 Å². The molecule has 7 heteroatoms. The Morgan fingerprint density at radius 1 is 1.50 bits per heavy atom. The maximum absolute atomic E-state index is 11.9. The molecular formula is C7H9F2N2O2P. The summed E-state index contributed by atoms with van der Waals surface area (Å²) in [5.74, 6) is 0. The van der Waals surface area contributed by atoms with Crippen molar-refractivity contribution in [1.82, 2.24) is 0 Å². The normalized spacial score (nSPS) is 14.1. The predicted octanol–water partition coefficient (Wildman–Crippen LogP) is 2.88. The maximum Gasteiger partial charge on any atom is 0.552 e. The van der Waals surface area contributed by atoms with E-state index < -0.39 is 19.5 Å². The molecule has 0 radical (unpaired) electrons. The first kappa shape index (κ1) is 13.0. The van der Waals surface area contributed by atoms with Crippen molar-refractivity contribution >= 4 is 7.99 Å². The lowest BCUT2D eigenvalue weighted by molar-refractivity contribution is 0.157. The van der Waals surface area contributed by atoms with Crippen molar-refractivity contribution < 1.29 is 17.5 Å². The van der Waals surface area contributed by atoms with Gasteiger partial charge in [-0.2, -0.15) is 10.5 Å². The third-order valence-electron chi connectivity index (χ3n) is 1.49. The SMILES string of the molecule is CC(CC(C)(C#N)C#N)OP(=O)(F)F. The van der Waals surface area contributed by atoms with Crippen LogP contribution in [0.1, 0.15) is 20.3 Å². The van der Waals surface area contributed by atoms with E-state index in [1.807, 2.05) is 0 Å². The molecule has 0 heterocycles. The van der Waals surface area contributed by atoms with E-state index in [9.17, 15) is 13.0 Å². The topological polar surface area (TPSA) is 73.9 Å². The lowest BCUT2D eigenvalue weighted by Crippen LogP contribution is -2.19. The van der Waals surface area contributed by atoms with E-state index >= 15 is 0 Å². The maximum atomic E-state index is 11.9. The minimum absolute atomic E-state index is 0.210. The Bertz CT molecular complexity index is 314. The van der Waals surface area contributed by atoms with Crippen molar-refractivity contribution in [1.29, 1.82) is 10.5 Å². The first-order chi connectivity index (χ1) is 6.22. The monoisotopic (exact) mass is 222 g/mol. The Labute approximate surface area is 80.8 Å². The number of nitrogens with zero attached hydrogens (tertiary/aromatic N) is 2. The molecule has 14 heavy (non-hydrogen) atoms. The summed E-state index contributed by atoms with van der Waals surface area (Å²) in [6.45, 7) is 2.53. The van der Waals surface area contributed by atoms with E-state index in [1.165, 1.54) is 13.8 Å². The smallest absolute Gasteiger partial charge is 0.277 e. The molecule has 0 amide bonds. The van der Waals surface area contributed by atoms with Crippen LogP contribution in [0.4, 0.5) is 8.39 Å². The van der Waals surface area contributed by atoms with Crippen LogP contribution in [-0.2, 0) is 9.09 Å². The zero-order valence-electron chi connectivity index (χ0n) is 7.70. The van der Waals surface area contributed by atoms with Gasteiger partial charge in [-0.05, 0) is 13.8 Å². The second-order valence-electron chi connectivity index (χ2n) is 3.09. The molecule has 78 valence electrons. The minimum atomic E-state index is -5.55. The molecule has 0 saturated carbocycles. The summed E-state index contributed by atoms with van der Waals surface area (Å²) in [7, 11) is -5.55. The molecule has 0 aliphatic heterocycles. The van der Waals surface area contributed by atoms with E-state index in [4.69, 9.17) is 10.5 Å². The minimum Gasteiger partial charge on any atom is -0.277 e. The third kappa shape index (κ3) is 4.91. The Kier molecular flexibility index (Phi) is 4.19. The van der Waals surface area contributed by atoms with Crippen LogP contribution in [0.25, 0.3) is 0 Å². The van der Waals surface area contributed by atoms with Gasteiger partial charge in [0.1, 0.15) is 5.41 Å². The summed E-state index contributed by atoms with van der Waals surface area (Å²) < 4.78 is 37.7. The number of rotatable bonds is 4. The quantitative estimate of drug-likeness (QED) is 0.685. The van der Waals surface area contributed by atoms with Gasteiger partial charge in [-0.3, -0.25) is 4.52 Å². The highest BCUT2D eigenvalue weighted by molar-refractivity contribution is 7.47. The van der Waals surface area contributed by atoms with Crippen molar-refractivity contribution in [2.24, 2.45) is 5.41 Å². The molecule has 0 saturated heterocycles. The van der Waals surface area contributed by atoms with Gasteiger partial charge in [-0.15, -0.1) is 8.39 Å². The highest BCUT2D eigenvalue weighted by Crippen LogP contribution is 2.52. The van der Waals surface area contributed by atoms with Crippen molar-refractivity contribution in [3.8, 4) is 12.1 Å². The van der Waals surface area contributed by atoms with E-state index in [1.54, 1.807) is 12.1 Å². The van der Waals surface area contributed by atoms with Gasteiger partial charge in [-0.1, -0.05) is 0 Å². The van der Waals surface area contributed by atoms with E-state index in [0.717, 1.165) is 0 Å². The van der Waals surface area contributed by atoms with Crippen molar-refractivity contribution in [3.63, 3.8) is 0 Å². The van der Waals surface area contributed by atoms with Crippen LogP contribution in [0.5, 0.6) is 0 Å². The molecule has 0 N–H and O–H groups in total. The van der Waals surface area contributed by atoms with E-state index in [-0.39, 0.29) is 6.42 Å². The number of hydrogen-bond acceptors (Lipinski definition) is 4. The molecule has 0 rings (SSSR count). The van der Waals surface area contributed by atoms with Gasteiger partial charge in [-0.25, -0.2) is 4.57 Å². The fourth-order valence-electron chi connectivity index (χ4n) is 0.938. The predicted molar refractivity (Wildman–Crippen MR) is 44.3 cm³/mol. The summed E-state index contributed by atoms with van der Waals surface area (Å²) in [6, 6.07) is 3.34.